The van der Waals surface area contributed by atoms with E-state index in [1.165, 1.54) is 31.4 Å². The van der Waals surface area contributed by atoms with Crippen molar-refractivity contribution in [2.24, 2.45) is 0 Å². The molecule has 0 aliphatic heterocycles. The second-order valence-electron chi connectivity index (χ2n) is 5.16. The van der Waals surface area contributed by atoms with Crippen LogP contribution in [0.25, 0.3) is 11.4 Å². The van der Waals surface area contributed by atoms with Gasteiger partial charge in [0.05, 0.1) is 19.8 Å². The van der Waals surface area contributed by atoms with Crippen molar-refractivity contribution in [3.05, 3.63) is 59.7 Å². The van der Waals surface area contributed by atoms with Crippen LogP contribution in [0.4, 0.5) is 4.39 Å². The highest BCUT2D eigenvalue weighted by Crippen LogP contribution is 2.31. The molecule has 0 N–H and O–H groups in total. The van der Waals surface area contributed by atoms with Crippen LogP contribution in [0.2, 0.25) is 0 Å². The zero-order chi connectivity index (χ0) is 18.5. The quantitative estimate of drug-likeness (QED) is 0.625. The molecule has 0 spiro atoms. The van der Waals surface area contributed by atoms with Gasteiger partial charge in [0.15, 0.2) is 18.1 Å². The SMILES string of the molecule is COc1ccc(-c2noc(COC(=O)c3ccc(F)cc3)n2)cc1OC. The molecule has 0 saturated carbocycles. The number of rotatable bonds is 6. The summed E-state index contributed by atoms with van der Waals surface area (Å²) < 4.78 is 33.4. The molecule has 2 aromatic carbocycles. The molecule has 8 heteroatoms. The summed E-state index contributed by atoms with van der Waals surface area (Å²) in [6.07, 6.45) is 0. The normalized spacial score (nSPS) is 10.4. The maximum Gasteiger partial charge on any atom is 0.338 e. The number of aromatic nitrogens is 2. The monoisotopic (exact) mass is 358 g/mol. The van der Waals surface area contributed by atoms with Gasteiger partial charge in [0.25, 0.3) is 5.89 Å². The summed E-state index contributed by atoms with van der Waals surface area (Å²) in [7, 11) is 3.07. The maximum atomic E-state index is 12.9. The van der Waals surface area contributed by atoms with Gasteiger partial charge in [-0.2, -0.15) is 4.98 Å². The first-order valence-electron chi connectivity index (χ1n) is 7.58. The summed E-state index contributed by atoms with van der Waals surface area (Å²) >= 11 is 0. The Labute approximate surface area is 148 Å². The summed E-state index contributed by atoms with van der Waals surface area (Å²) in [4.78, 5) is 16.1. The molecular weight excluding hydrogens is 343 g/mol. The number of methoxy groups -OCH3 is 2. The van der Waals surface area contributed by atoms with Gasteiger partial charge in [-0.3, -0.25) is 0 Å². The van der Waals surface area contributed by atoms with E-state index in [1.54, 1.807) is 25.3 Å². The minimum atomic E-state index is -0.615. The predicted octanol–water partition coefficient (Wildman–Crippen LogP) is 3.25. The molecule has 0 amide bonds. The Bertz CT molecular complexity index is 908. The number of hydrogen-bond acceptors (Lipinski definition) is 7. The number of benzene rings is 2. The molecule has 3 rings (SSSR count). The average molecular weight is 358 g/mol. The molecular formula is C18H15FN2O5. The summed E-state index contributed by atoms with van der Waals surface area (Å²) in [5.41, 5.74) is 0.883. The Kier molecular flexibility index (Phi) is 5.12. The molecule has 0 unspecified atom stereocenters. The number of ether oxygens (including phenoxy) is 3. The highest BCUT2D eigenvalue weighted by molar-refractivity contribution is 5.89. The molecule has 0 aliphatic carbocycles. The van der Waals surface area contributed by atoms with Gasteiger partial charge in [-0.05, 0) is 42.5 Å². The van der Waals surface area contributed by atoms with Gasteiger partial charge in [-0.15, -0.1) is 0 Å². The van der Waals surface area contributed by atoms with Gasteiger partial charge in [-0.1, -0.05) is 5.16 Å². The fourth-order valence-corrected chi connectivity index (χ4v) is 2.20. The Balaban J connectivity index is 1.68. The molecule has 26 heavy (non-hydrogen) atoms. The second-order valence-corrected chi connectivity index (χ2v) is 5.16. The molecule has 0 atom stereocenters. The second kappa shape index (κ2) is 7.64. The highest BCUT2D eigenvalue weighted by Gasteiger charge is 2.14. The standard InChI is InChI=1S/C18H15FN2O5/c1-23-14-8-5-12(9-15(14)24-2)17-20-16(26-21-17)10-25-18(22)11-3-6-13(19)7-4-11/h3-9H,10H2,1-2H3. The van der Waals surface area contributed by atoms with E-state index in [1.807, 2.05) is 0 Å². The smallest absolute Gasteiger partial charge is 0.338 e. The van der Waals surface area contributed by atoms with Crippen molar-refractivity contribution in [3.63, 3.8) is 0 Å². The third-order valence-electron chi connectivity index (χ3n) is 3.52. The average Bonchev–Trinajstić information content (AvgIpc) is 3.15. The van der Waals surface area contributed by atoms with Crippen LogP contribution >= 0.6 is 0 Å². The zero-order valence-electron chi connectivity index (χ0n) is 14.1. The predicted molar refractivity (Wildman–Crippen MR) is 88.4 cm³/mol. The molecule has 134 valence electrons. The molecule has 3 aromatic rings. The summed E-state index contributed by atoms with van der Waals surface area (Å²) in [6.45, 7) is -0.198. The van der Waals surface area contributed by atoms with Gasteiger partial charge in [0.2, 0.25) is 5.82 Å². The summed E-state index contributed by atoms with van der Waals surface area (Å²) in [5.74, 6) is 0.505. The molecule has 0 fully saturated rings. The van der Waals surface area contributed by atoms with Crippen LogP contribution < -0.4 is 9.47 Å². The van der Waals surface area contributed by atoms with E-state index in [0.717, 1.165) is 0 Å². The number of halogens is 1. The third kappa shape index (κ3) is 3.80. The largest absolute Gasteiger partial charge is 0.493 e. The van der Waals surface area contributed by atoms with E-state index in [9.17, 15) is 9.18 Å². The van der Waals surface area contributed by atoms with Crippen molar-refractivity contribution in [1.29, 1.82) is 0 Å². The Hall–Kier alpha value is -3.42. The molecule has 0 bridgehead atoms. The molecule has 0 aliphatic rings. The Morgan fingerprint density at radius 1 is 1.08 bits per heavy atom. The number of carbonyl (C=O) groups excluding carboxylic acids is 1. The third-order valence-corrected chi connectivity index (χ3v) is 3.52. The summed E-state index contributed by atoms with van der Waals surface area (Å²) in [6, 6.07) is 10.2. The van der Waals surface area contributed by atoms with Crippen LogP contribution in [0.15, 0.2) is 47.0 Å². The van der Waals surface area contributed by atoms with Crippen LogP contribution in [0.1, 0.15) is 16.2 Å². The van der Waals surface area contributed by atoms with Crippen molar-refractivity contribution >= 4 is 5.97 Å². The van der Waals surface area contributed by atoms with Gasteiger partial charge >= 0.3 is 5.97 Å². The van der Waals surface area contributed by atoms with Crippen LogP contribution in [-0.4, -0.2) is 30.3 Å². The van der Waals surface area contributed by atoms with Gasteiger partial charge in [0.1, 0.15) is 5.82 Å². The van der Waals surface area contributed by atoms with E-state index < -0.39 is 11.8 Å². The van der Waals surface area contributed by atoms with Crippen LogP contribution in [0, 0.1) is 5.82 Å². The van der Waals surface area contributed by atoms with E-state index in [4.69, 9.17) is 18.7 Å². The van der Waals surface area contributed by atoms with Crippen LogP contribution in [0.3, 0.4) is 0 Å². The fourth-order valence-electron chi connectivity index (χ4n) is 2.20. The number of nitrogens with zero attached hydrogens (tertiary/aromatic N) is 2. The topological polar surface area (TPSA) is 83.7 Å². The lowest BCUT2D eigenvalue weighted by molar-refractivity contribution is 0.0430. The lowest BCUT2D eigenvalue weighted by Crippen LogP contribution is -2.05. The molecule has 1 heterocycles. The Morgan fingerprint density at radius 3 is 2.50 bits per heavy atom. The first kappa shape index (κ1) is 17.4. The Morgan fingerprint density at radius 2 is 1.81 bits per heavy atom. The van der Waals surface area contributed by atoms with Gasteiger partial charge in [-0.25, -0.2) is 9.18 Å². The van der Waals surface area contributed by atoms with E-state index in [2.05, 4.69) is 10.1 Å². The minimum Gasteiger partial charge on any atom is -0.493 e. The van der Waals surface area contributed by atoms with Crippen molar-refractivity contribution < 1.29 is 27.9 Å². The van der Waals surface area contributed by atoms with E-state index >= 15 is 0 Å². The number of carbonyl (C=O) groups is 1. The molecule has 0 radical (unpaired) electrons. The zero-order valence-corrected chi connectivity index (χ0v) is 14.1. The van der Waals surface area contributed by atoms with Gasteiger partial charge in [0, 0.05) is 5.56 Å². The van der Waals surface area contributed by atoms with E-state index in [0.29, 0.717) is 22.9 Å². The number of esters is 1. The fraction of sp³-hybridized carbons (Fsp3) is 0.167. The van der Waals surface area contributed by atoms with Crippen LogP contribution in [-0.2, 0) is 11.3 Å². The van der Waals surface area contributed by atoms with Crippen molar-refractivity contribution in [3.8, 4) is 22.9 Å². The minimum absolute atomic E-state index is 0.130. The van der Waals surface area contributed by atoms with Crippen molar-refractivity contribution in [2.75, 3.05) is 14.2 Å². The molecule has 1 aromatic heterocycles. The molecule has 0 saturated heterocycles. The summed E-state index contributed by atoms with van der Waals surface area (Å²) in [5, 5.41) is 3.86. The highest BCUT2D eigenvalue weighted by atomic mass is 19.1. The molecule has 7 nitrogen and oxygen atoms in total. The van der Waals surface area contributed by atoms with E-state index in [-0.39, 0.29) is 18.1 Å². The lowest BCUT2D eigenvalue weighted by Gasteiger charge is -2.07. The first-order chi connectivity index (χ1) is 12.6. The first-order valence-corrected chi connectivity index (χ1v) is 7.58. The van der Waals surface area contributed by atoms with Crippen molar-refractivity contribution in [1.82, 2.24) is 10.1 Å². The number of hydrogen-bond donors (Lipinski definition) is 0. The maximum absolute atomic E-state index is 12.9. The van der Waals surface area contributed by atoms with Crippen molar-refractivity contribution in [2.45, 2.75) is 6.61 Å². The van der Waals surface area contributed by atoms with Gasteiger partial charge < -0.3 is 18.7 Å². The van der Waals surface area contributed by atoms with Crippen LogP contribution in [0.5, 0.6) is 11.5 Å². The lowest BCUT2D eigenvalue weighted by atomic mass is 10.2.